The lowest BCUT2D eigenvalue weighted by Gasteiger charge is -2.44. The molecule has 0 bridgehead atoms. The van der Waals surface area contributed by atoms with Crippen molar-refractivity contribution < 1.29 is 18.7 Å². The summed E-state index contributed by atoms with van der Waals surface area (Å²) in [6.07, 6.45) is 5.33. The highest BCUT2D eigenvalue weighted by Gasteiger charge is 2.36. The first kappa shape index (κ1) is 39.8. The Labute approximate surface area is 303 Å². The highest BCUT2D eigenvalue weighted by atomic mass is 35.5. The number of hydrogen-bond donors (Lipinski definition) is 1. The zero-order valence-electron chi connectivity index (χ0n) is 28.8. The van der Waals surface area contributed by atoms with Crippen molar-refractivity contribution in [1.29, 1.82) is 0 Å². The monoisotopic (exact) mass is 709 g/mol. The molecule has 1 heterocycles. The van der Waals surface area contributed by atoms with Crippen LogP contribution in [0.4, 0.5) is 4.39 Å². The molecule has 2 N–H and O–H groups in total. The van der Waals surface area contributed by atoms with E-state index < -0.39 is 0 Å². The van der Waals surface area contributed by atoms with Crippen LogP contribution >= 0.6 is 24.8 Å². The van der Waals surface area contributed by atoms with Crippen molar-refractivity contribution in [2.45, 2.75) is 63.3 Å². The fourth-order valence-electron chi connectivity index (χ4n) is 7.32. The van der Waals surface area contributed by atoms with E-state index >= 15 is 0 Å². The third-order valence-electron chi connectivity index (χ3n) is 9.64. The standard InChI is InChI=1S/C40H48FN3O3.2ClH/c1-4-23-40(32-12-7-5-8-13-32,33-14-9-6-10-15-33)24-11-25-44(39(45)21-18-30-16-19-34(41)20-17-30)43-26-22-31-27-37(46-2)38(47-3)28-35(31)36(43)29-42;;/h5-10,12-17,19-20,27-28,36H,4,11,18,21-26,29,42H2,1-3H3;2*1H. The predicted octanol–water partition coefficient (Wildman–Crippen LogP) is 8.49. The Morgan fingerprint density at radius 1 is 0.898 bits per heavy atom. The molecule has 0 saturated heterocycles. The maximum Gasteiger partial charge on any atom is 0.237 e. The molecule has 6 nitrogen and oxygen atoms in total. The molecule has 0 spiro atoms. The highest BCUT2D eigenvalue weighted by molar-refractivity contribution is 5.85. The first-order valence-corrected chi connectivity index (χ1v) is 16.8. The van der Waals surface area contributed by atoms with Crippen molar-refractivity contribution >= 4 is 30.7 Å². The minimum Gasteiger partial charge on any atom is -0.493 e. The second-order valence-electron chi connectivity index (χ2n) is 12.4. The number of ether oxygens (including phenoxy) is 2. The molecule has 0 aliphatic carbocycles. The molecule has 1 unspecified atom stereocenters. The number of amides is 1. The Bertz CT molecular complexity index is 1550. The molecule has 1 atom stereocenters. The van der Waals surface area contributed by atoms with E-state index in [-0.39, 0.29) is 48.0 Å². The van der Waals surface area contributed by atoms with E-state index in [0.29, 0.717) is 44.0 Å². The number of aryl methyl sites for hydroxylation is 1. The molecule has 1 aliphatic rings. The molecule has 0 saturated carbocycles. The number of methoxy groups -OCH3 is 2. The SMILES string of the molecule is CCCC(CCCN(C(=O)CCc1ccc(F)cc1)N1CCc2cc(OC)c(OC)cc2C1CN)(c1ccccc1)c1ccccc1.Cl.Cl. The number of hydrazine groups is 1. The molecule has 0 aromatic heterocycles. The van der Waals surface area contributed by atoms with E-state index in [1.165, 1.54) is 23.3 Å². The summed E-state index contributed by atoms with van der Waals surface area (Å²) >= 11 is 0. The number of nitrogens with two attached hydrogens (primary N) is 1. The fraction of sp³-hybridized carbons (Fsp3) is 0.375. The Balaban J connectivity index is 0.00000325. The Morgan fingerprint density at radius 3 is 2.04 bits per heavy atom. The van der Waals surface area contributed by atoms with E-state index in [1.807, 2.05) is 17.1 Å². The fourth-order valence-corrected chi connectivity index (χ4v) is 7.32. The smallest absolute Gasteiger partial charge is 0.237 e. The van der Waals surface area contributed by atoms with Gasteiger partial charge in [-0.05, 0) is 84.2 Å². The van der Waals surface area contributed by atoms with Crippen molar-refractivity contribution in [1.82, 2.24) is 10.0 Å². The van der Waals surface area contributed by atoms with Gasteiger partial charge in [-0.3, -0.25) is 9.80 Å². The van der Waals surface area contributed by atoms with Crippen LogP contribution < -0.4 is 15.2 Å². The molecule has 0 fully saturated rings. The molecular formula is C40H50Cl2FN3O3. The van der Waals surface area contributed by atoms with E-state index in [2.05, 4.69) is 72.6 Å². The lowest BCUT2D eigenvalue weighted by Crippen LogP contribution is -2.53. The first-order valence-electron chi connectivity index (χ1n) is 16.8. The lowest BCUT2D eigenvalue weighted by molar-refractivity contribution is -0.155. The third kappa shape index (κ3) is 9.14. The summed E-state index contributed by atoms with van der Waals surface area (Å²) in [7, 11) is 3.28. The molecule has 4 aromatic rings. The summed E-state index contributed by atoms with van der Waals surface area (Å²) in [6.45, 7) is 3.81. The van der Waals surface area contributed by atoms with Crippen LogP contribution in [0.1, 0.15) is 72.9 Å². The van der Waals surface area contributed by atoms with Crippen LogP contribution in [0.5, 0.6) is 11.5 Å². The van der Waals surface area contributed by atoms with Gasteiger partial charge in [0.2, 0.25) is 5.91 Å². The number of rotatable bonds is 15. The van der Waals surface area contributed by atoms with E-state index in [9.17, 15) is 9.18 Å². The van der Waals surface area contributed by atoms with Gasteiger partial charge in [0.25, 0.3) is 0 Å². The normalized spacial score (nSPS) is 14.2. The number of carbonyl (C=O) groups excluding carboxylic acids is 1. The number of hydrogen-bond acceptors (Lipinski definition) is 5. The molecule has 4 aromatic carbocycles. The van der Waals surface area contributed by atoms with Gasteiger partial charge in [-0.25, -0.2) is 9.40 Å². The summed E-state index contributed by atoms with van der Waals surface area (Å²) < 4.78 is 24.8. The van der Waals surface area contributed by atoms with Crippen molar-refractivity contribution in [2.24, 2.45) is 5.73 Å². The molecule has 5 rings (SSSR count). The highest BCUT2D eigenvalue weighted by Crippen LogP contribution is 2.42. The largest absolute Gasteiger partial charge is 0.493 e. The van der Waals surface area contributed by atoms with E-state index in [4.69, 9.17) is 15.2 Å². The average Bonchev–Trinajstić information content (AvgIpc) is 3.12. The van der Waals surface area contributed by atoms with Crippen molar-refractivity contribution in [3.63, 3.8) is 0 Å². The Kier molecular flexibility index (Phi) is 15.4. The topological polar surface area (TPSA) is 68.0 Å². The van der Waals surface area contributed by atoms with Gasteiger partial charge in [0.15, 0.2) is 11.5 Å². The first-order chi connectivity index (χ1) is 22.9. The average molecular weight is 711 g/mol. The second kappa shape index (κ2) is 19.0. The van der Waals surface area contributed by atoms with Gasteiger partial charge in [-0.1, -0.05) is 86.1 Å². The minimum absolute atomic E-state index is 0. The Morgan fingerprint density at radius 2 is 1.49 bits per heavy atom. The summed E-state index contributed by atoms with van der Waals surface area (Å²) in [5, 5.41) is 4.13. The van der Waals surface area contributed by atoms with Crippen molar-refractivity contribution in [3.8, 4) is 11.5 Å². The van der Waals surface area contributed by atoms with Gasteiger partial charge in [0.1, 0.15) is 5.82 Å². The van der Waals surface area contributed by atoms with Gasteiger partial charge >= 0.3 is 0 Å². The molecule has 49 heavy (non-hydrogen) atoms. The summed E-state index contributed by atoms with van der Waals surface area (Å²) in [4.78, 5) is 14.2. The van der Waals surface area contributed by atoms with Crippen LogP contribution in [-0.4, -0.2) is 49.8 Å². The van der Waals surface area contributed by atoms with Gasteiger partial charge in [0.05, 0.1) is 20.3 Å². The second-order valence-corrected chi connectivity index (χ2v) is 12.4. The molecule has 0 radical (unpaired) electrons. The summed E-state index contributed by atoms with van der Waals surface area (Å²) in [5.41, 5.74) is 12.1. The maximum absolute atomic E-state index is 14.2. The number of carbonyl (C=O) groups is 1. The number of halogens is 3. The Hall–Kier alpha value is -3.62. The van der Waals surface area contributed by atoms with E-state index in [1.54, 1.807) is 26.4 Å². The zero-order chi connectivity index (χ0) is 33.2. The van der Waals surface area contributed by atoms with Crippen LogP contribution in [-0.2, 0) is 23.1 Å². The van der Waals surface area contributed by atoms with Crippen LogP contribution in [0.15, 0.2) is 97.1 Å². The van der Waals surface area contributed by atoms with Gasteiger partial charge < -0.3 is 15.2 Å². The van der Waals surface area contributed by atoms with Crippen LogP contribution in [0.2, 0.25) is 0 Å². The zero-order valence-corrected chi connectivity index (χ0v) is 30.4. The van der Waals surface area contributed by atoms with E-state index in [0.717, 1.165) is 48.8 Å². The summed E-state index contributed by atoms with van der Waals surface area (Å²) in [5.74, 6) is 1.10. The number of benzene rings is 4. The molecular weight excluding hydrogens is 660 g/mol. The lowest BCUT2D eigenvalue weighted by atomic mass is 9.68. The molecule has 1 amide bonds. The predicted molar refractivity (Wildman–Crippen MR) is 200 cm³/mol. The third-order valence-corrected chi connectivity index (χ3v) is 9.64. The van der Waals surface area contributed by atoms with Crippen LogP contribution in [0, 0.1) is 5.82 Å². The van der Waals surface area contributed by atoms with Crippen LogP contribution in [0.25, 0.3) is 0 Å². The van der Waals surface area contributed by atoms with Gasteiger partial charge in [-0.2, -0.15) is 0 Å². The number of nitrogens with zero attached hydrogens (tertiary/aromatic N) is 2. The number of fused-ring (bicyclic) bond motifs is 1. The maximum atomic E-state index is 14.2. The minimum atomic E-state index is -0.279. The molecule has 9 heteroatoms. The van der Waals surface area contributed by atoms with Gasteiger partial charge in [-0.15, -0.1) is 24.8 Å². The molecule has 264 valence electrons. The van der Waals surface area contributed by atoms with Crippen molar-refractivity contribution in [2.75, 3.05) is 33.9 Å². The molecule has 1 aliphatic heterocycles. The van der Waals surface area contributed by atoms with Gasteiger partial charge in [0, 0.05) is 31.5 Å². The van der Waals surface area contributed by atoms with Crippen LogP contribution in [0.3, 0.4) is 0 Å². The van der Waals surface area contributed by atoms with Crippen molar-refractivity contribution in [3.05, 3.63) is 131 Å². The quantitative estimate of drug-likeness (QED) is 0.134. The summed E-state index contributed by atoms with van der Waals surface area (Å²) in [6, 6.07) is 31.8.